The smallest absolute Gasteiger partial charge is 0.337 e. The Bertz CT molecular complexity index is 509. The van der Waals surface area contributed by atoms with Crippen LogP contribution in [-0.2, 0) is 9.59 Å². The number of anilines is 1. The molecule has 1 aromatic rings. The molecule has 0 bridgehead atoms. The molecular weight excluding hydrogens is 248 g/mol. The lowest BCUT2D eigenvalue weighted by atomic mass is 10.1. The van der Waals surface area contributed by atoms with Crippen molar-refractivity contribution in [2.45, 2.75) is 12.5 Å². The number of carbonyl (C=O) groups excluding carboxylic acids is 1. The van der Waals surface area contributed by atoms with Gasteiger partial charge in [-0.2, -0.15) is 0 Å². The lowest BCUT2D eigenvalue weighted by Crippen LogP contribution is -2.46. The van der Waals surface area contributed by atoms with Crippen molar-refractivity contribution in [3.63, 3.8) is 0 Å². The van der Waals surface area contributed by atoms with E-state index in [0.29, 0.717) is 5.69 Å². The van der Waals surface area contributed by atoms with Crippen LogP contribution in [0.2, 0.25) is 0 Å². The van der Waals surface area contributed by atoms with Gasteiger partial charge in [-0.1, -0.05) is 12.1 Å². The monoisotopic (exact) mass is 264 g/mol. The van der Waals surface area contributed by atoms with Crippen molar-refractivity contribution in [1.29, 1.82) is 0 Å². The minimum Gasteiger partial charge on any atom is -0.479 e. The quantitative estimate of drug-likeness (QED) is 0.449. The lowest BCUT2D eigenvalue weighted by molar-refractivity contribution is -0.156. The van der Waals surface area contributed by atoms with Crippen LogP contribution in [0.4, 0.5) is 5.69 Å². The highest BCUT2D eigenvalue weighted by Gasteiger charge is 2.29. The molecule has 0 fully saturated rings. The molecule has 0 aliphatic carbocycles. The summed E-state index contributed by atoms with van der Waals surface area (Å²) in [4.78, 5) is 22.1. The summed E-state index contributed by atoms with van der Waals surface area (Å²) in [5.74, 6) is -1.89. The molecule has 0 heterocycles. The molecule has 0 saturated carbocycles. The highest BCUT2D eigenvalue weighted by molar-refractivity contribution is 5.92. The first-order valence-corrected chi connectivity index (χ1v) is 5.58. The summed E-state index contributed by atoms with van der Waals surface area (Å²) in [6.45, 7) is 0.736. The Balaban J connectivity index is 2.54. The number of nitrogens with two attached hydrogens (primary N) is 1. The number of carboxylic acid groups (broad SMARTS) is 1. The standard InChI is InChI=1S/C13H16N2O4/c1-13(19,12(17)18)8-15-11(16)6-5-9-3-2-4-10(14)7-9/h2-7,19H,8,14H2,1H3,(H,15,16)(H,17,18)/b6-5+. The molecule has 5 N–H and O–H groups in total. The Morgan fingerprint density at radius 1 is 1.47 bits per heavy atom. The van der Waals surface area contributed by atoms with Gasteiger partial charge in [0, 0.05) is 11.8 Å². The average Bonchev–Trinajstić information content (AvgIpc) is 2.34. The van der Waals surface area contributed by atoms with Crippen molar-refractivity contribution in [3.8, 4) is 0 Å². The molecular formula is C13H16N2O4. The summed E-state index contributed by atoms with van der Waals surface area (Å²) in [5.41, 5.74) is 4.93. The third-order valence-corrected chi connectivity index (χ3v) is 2.41. The molecule has 1 amide bonds. The summed E-state index contributed by atoms with van der Waals surface area (Å²) >= 11 is 0. The number of aliphatic carboxylic acids is 1. The van der Waals surface area contributed by atoms with Gasteiger partial charge in [0.2, 0.25) is 5.91 Å². The van der Waals surface area contributed by atoms with E-state index in [1.54, 1.807) is 30.3 Å². The van der Waals surface area contributed by atoms with E-state index < -0.39 is 17.5 Å². The molecule has 0 aromatic heterocycles. The molecule has 0 aliphatic rings. The number of amides is 1. The van der Waals surface area contributed by atoms with E-state index in [2.05, 4.69) is 5.32 Å². The Kier molecular flexibility index (Phi) is 4.66. The van der Waals surface area contributed by atoms with Gasteiger partial charge in [0.05, 0.1) is 6.54 Å². The number of hydrogen-bond donors (Lipinski definition) is 4. The minimum absolute atomic E-state index is 0.373. The molecule has 19 heavy (non-hydrogen) atoms. The van der Waals surface area contributed by atoms with E-state index in [-0.39, 0.29) is 6.54 Å². The van der Waals surface area contributed by atoms with E-state index in [9.17, 15) is 14.7 Å². The number of aliphatic hydroxyl groups is 1. The Morgan fingerprint density at radius 3 is 2.74 bits per heavy atom. The second-order valence-corrected chi connectivity index (χ2v) is 4.30. The lowest BCUT2D eigenvalue weighted by Gasteiger charge is -2.17. The molecule has 0 radical (unpaired) electrons. The van der Waals surface area contributed by atoms with E-state index >= 15 is 0 Å². The molecule has 6 nitrogen and oxygen atoms in total. The third-order valence-electron chi connectivity index (χ3n) is 2.41. The van der Waals surface area contributed by atoms with Crippen LogP contribution in [0.3, 0.4) is 0 Å². The van der Waals surface area contributed by atoms with Crippen LogP contribution in [-0.4, -0.2) is 34.2 Å². The van der Waals surface area contributed by atoms with Gasteiger partial charge < -0.3 is 21.3 Å². The minimum atomic E-state index is -1.99. The highest BCUT2D eigenvalue weighted by Crippen LogP contribution is 2.08. The van der Waals surface area contributed by atoms with Gasteiger partial charge in [0.1, 0.15) is 0 Å². The molecule has 102 valence electrons. The fourth-order valence-electron chi connectivity index (χ4n) is 1.23. The first-order chi connectivity index (χ1) is 8.81. The largest absolute Gasteiger partial charge is 0.479 e. The second-order valence-electron chi connectivity index (χ2n) is 4.30. The average molecular weight is 264 g/mol. The molecule has 1 atom stereocenters. The molecule has 6 heteroatoms. The topological polar surface area (TPSA) is 113 Å². The van der Waals surface area contributed by atoms with Crippen molar-refractivity contribution in [2.24, 2.45) is 0 Å². The van der Waals surface area contributed by atoms with Crippen LogP contribution in [0, 0.1) is 0 Å². The zero-order chi connectivity index (χ0) is 14.5. The number of nitrogen functional groups attached to an aromatic ring is 1. The highest BCUT2D eigenvalue weighted by atomic mass is 16.4. The molecule has 0 spiro atoms. The van der Waals surface area contributed by atoms with Crippen LogP contribution in [0.15, 0.2) is 30.3 Å². The fourth-order valence-corrected chi connectivity index (χ4v) is 1.23. The van der Waals surface area contributed by atoms with Gasteiger partial charge in [-0.05, 0) is 30.7 Å². The van der Waals surface area contributed by atoms with E-state index in [1.165, 1.54) is 6.08 Å². The number of hydrogen-bond acceptors (Lipinski definition) is 4. The van der Waals surface area contributed by atoms with Crippen molar-refractivity contribution in [2.75, 3.05) is 12.3 Å². The first kappa shape index (κ1) is 14.7. The Hall–Kier alpha value is -2.34. The van der Waals surface area contributed by atoms with Crippen molar-refractivity contribution >= 4 is 23.6 Å². The zero-order valence-electron chi connectivity index (χ0n) is 10.5. The fraction of sp³-hybridized carbons (Fsp3) is 0.231. The molecule has 1 aromatic carbocycles. The van der Waals surface area contributed by atoms with E-state index in [4.69, 9.17) is 10.8 Å². The maximum Gasteiger partial charge on any atom is 0.337 e. The Morgan fingerprint density at radius 2 is 2.16 bits per heavy atom. The summed E-state index contributed by atoms with van der Waals surface area (Å²) in [6, 6.07) is 6.94. The van der Waals surface area contributed by atoms with Gasteiger partial charge in [-0.25, -0.2) is 4.79 Å². The van der Waals surface area contributed by atoms with Crippen molar-refractivity contribution < 1.29 is 19.8 Å². The van der Waals surface area contributed by atoms with Crippen molar-refractivity contribution in [1.82, 2.24) is 5.32 Å². The predicted molar refractivity (Wildman–Crippen MR) is 71.2 cm³/mol. The maximum atomic E-state index is 11.4. The third kappa shape index (κ3) is 4.81. The van der Waals surface area contributed by atoms with Crippen LogP contribution in [0.1, 0.15) is 12.5 Å². The molecule has 1 rings (SSSR count). The van der Waals surface area contributed by atoms with Crippen LogP contribution < -0.4 is 11.1 Å². The Labute approximate surface area is 110 Å². The van der Waals surface area contributed by atoms with Crippen molar-refractivity contribution in [3.05, 3.63) is 35.9 Å². The van der Waals surface area contributed by atoms with Crippen LogP contribution >= 0.6 is 0 Å². The number of rotatable bonds is 5. The summed E-state index contributed by atoms with van der Waals surface area (Å²) < 4.78 is 0. The van der Waals surface area contributed by atoms with E-state index in [0.717, 1.165) is 12.5 Å². The summed E-state index contributed by atoms with van der Waals surface area (Å²) in [6.07, 6.45) is 2.79. The zero-order valence-corrected chi connectivity index (χ0v) is 10.5. The van der Waals surface area contributed by atoms with Gasteiger partial charge in [-0.3, -0.25) is 4.79 Å². The molecule has 0 aliphatic heterocycles. The number of carboxylic acids is 1. The van der Waals surface area contributed by atoms with Gasteiger partial charge in [0.15, 0.2) is 5.60 Å². The SMILES string of the molecule is CC(O)(CNC(=O)/C=C/c1cccc(N)c1)C(=O)O. The van der Waals surface area contributed by atoms with Gasteiger partial charge in [0.25, 0.3) is 0 Å². The number of benzene rings is 1. The van der Waals surface area contributed by atoms with Crippen LogP contribution in [0.25, 0.3) is 6.08 Å². The second kappa shape index (κ2) is 6.01. The first-order valence-electron chi connectivity index (χ1n) is 5.58. The normalized spacial score (nSPS) is 14.0. The van der Waals surface area contributed by atoms with Gasteiger partial charge in [-0.15, -0.1) is 0 Å². The number of nitrogens with one attached hydrogen (secondary N) is 1. The van der Waals surface area contributed by atoms with Gasteiger partial charge >= 0.3 is 5.97 Å². The summed E-state index contributed by atoms with van der Waals surface area (Å²) in [7, 11) is 0. The summed E-state index contributed by atoms with van der Waals surface area (Å²) in [5, 5.41) is 20.4. The van der Waals surface area contributed by atoms with E-state index in [1.807, 2.05) is 0 Å². The predicted octanol–water partition coefficient (Wildman–Crippen LogP) is 0.234. The van der Waals surface area contributed by atoms with Crippen LogP contribution in [0.5, 0.6) is 0 Å². The molecule has 1 unspecified atom stereocenters. The molecule has 0 saturated heterocycles. The maximum absolute atomic E-state index is 11.4. The number of carbonyl (C=O) groups is 2.